The van der Waals surface area contributed by atoms with Crippen molar-refractivity contribution in [3.63, 3.8) is 0 Å². The molecule has 1 aromatic carbocycles. The SMILES string of the molecule is CC(C)(C)OC(=O)N[C@@H](CNc1cc(O)cc(C(=O)SCCN)c1)[C@@H](O)[C@H](O)[C@H](O)CO. The molecule has 0 aliphatic heterocycles. The second-order valence-corrected chi connectivity index (χ2v) is 9.13. The topological polar surface area (TPSA) is 195 Å². The first kappa shape index (κ1) is 27.9. The molecule has 0 fully saturated rings. The van der Waals surface area contributed by atoms with Gasteiger partial charge < -0.3 is 46.6 Å². The maximum Gasteiger partial charge on any atom is 0.408 e. The molecule has 1 rings (SSSR count). The summed E-state index contributed by atoms with van der Waals surface area (Å²) in [5, 5.41) is 54.1. The molecule has 0 saturated carbocycles. The van der Waals surface area contributed by atoms with Gasteiger partial charge in [-0.2, -0.15) is 0 Å². The molecule has 1 amide bonds. The molecule has 0 aromatic heterocycles. The molecular weight excluding hydrogens is 442 g/mol. The van der Waals surface area contributed by atoms with Crippen molar-refractivity contribution in [3.8, 4) is 5.75 Å². The van der Waals surface area contributed by atoms with Crippen LogP contribution in [0.1, 0.15) is 31.1 Å². The van der Waals surface area contributed by atoms with Gasteiger partial charge in [0.1, 0.15) is 29.7 Å². The minimum absolute atomic E-state index is 0.178. The zero-order valence-corrected chi connectivity index (χ0v) is 19.1. The van der Waals surface area contributed by atoms with Crippen molar-refractivity contribution in [2.45, 2.75) is 50.7 Å². The molecule has 9 N–H and O–H groups in total. The molecule has 1 aromatic rings. The van der Waals surface area contributed by atoms with Crippen LogP contribution in [0.2, 0.25) is 0 Å². The molecule has 0 saturated heterocycles. The quantitative estimate of drug-likeness (QED) is 0.207. The molecule has 0 radical (unpaired) electrons. The highest BCUT2D eigenvalue weighted by Gasteiger charge is 2.33. The number of hydrogen-bond acceptors (Lipinski definition) is 11. The molecule has 0 bridgehead atoms. The Kier molecular flexibility index (Phi) is 11.2. The van der Waals surface area contributed by atoms with Crippen LogP contribution in [-0.4, -0.2) is 92.1 Å². The first-order valence-electron chi connectivity index (χ1n) is 9.97. The number of benzene rings is 1. The zero-order chi connectivity index (χ0) is 24.5. The van der Waals surface area contributed by atoms with Crippen LogP contribution in [0.25, 0.3) is 0 Å². The summed E-state index contributed by atoms with van der Waals surface area (Å²) in [7, 11) is 0. The van der Waals surface area contributed by atoms with Crippen LogP contribution in [0.4, 0.5) is 10.5 Å². The van der Waals surface area contributed by atoms with Gasteiger partial charge in [0, 0.05) is 36.2 Å². The largest absolute Gasteiger partial charge is 0.508 e. The molecule has 0 heterocycles. The summed E-state index contributed by atoms with van der Waals surface area (Å²) in [5.41, 5.74) is 5.11. The van der Waals surface area contributed by atoms with E-state index in [4.69, 9.17) is 15.6 Å². The molecule has 182 valence electrons. The first-order chi connectivity index (χ1) is 14.9. The van der Waals surface area contributed by atoms with Crippen LogP contribution < -0.4 is 16.4 Å². The number of nitrogens with one attached hydrogen (secondary N) is 2. The van der Waals surface area contributed by atoms with Crippen LogP contribution in [0.15, 0.2) is 18.2 Å². The minimum atomic E-state index is -1.77. The number of nitrogens with two attached hydrogens (primary N) is 1. The van der Waals surface area contributed by atoms with Gasteiger partial charge in [0.2, 0.25) is 5.12 Å². The Bertz CT molecular complexity index is 759. The van der Waals surface area contributed by atoms with E-state index in [0.29, 0.717) is 18.0 Å². The van der Waals surface area contributed by atoms with Gasteiger partial charge in [-0.05, 0) is 32.9 Å². The van der Waals surface area contributed by atoms with Crippen LogP contribution in [0.5, 0.6) is 5.75 Å². The number of aromatic hydroxyl groups is 1. The van der Waals surface area contributed by atoms with Crippen molar-refractivity contribution in [2.24, 2.45) is 5.73 Å². The van der Waals surface area contributed by atoms with Gasteiger partial charge in [-0.1, -0.05) is 11.8 Å². The third-order valence-electron chi connectivity index (χ3n) is 4.08. The number of phenolic OH excluding ortho intramolecular Hbond substituents is 1. The van der Waals surface area contributed by atoms with Crippen molar-refractivity contribution in [3.05, 3.63) is 23.8 Å². The molecule has 32 heavy (non-hydrogen) atoms. The summed E-state index contributed by atoms with van der Waals surface area (Å²) in [6, 6.07) is 2.93. The number of aliphatic hydroxyl groups excluding tert-OH is 4. The molecule has 12 heteroatoms. The molecule has 0 unspecified atom stereocenters. The number of thioether (sulfide) groups is 1. The molecule has 0 aliphatic carbocycles. The maximum absolute atomic E-state index is 12.2. The van der Waals surface area contributed by atoms with Crippen LogP contribution in [0.3, 0.4) is 0 Å². The molecule has 11 nitrogen and oxygen atoms in total. The van der Waals surface area contributed by atoms with Crippen LogP contribution >= 0.6 is 11.8 Å². The smallest absolute Gasteiger partial charge is 0.408 e. The zero-order valence-electron chi connectivity index (χ0n) is 18.3. The predicted molar refractivity (Wildman–Crippen MR) is 121 cm³/mol. The Hall–Kier alpha value is -2.09. The lowest BCUT2D eigenvalue weighted by molar-refractivity contribution is -0.0857. The van der Waals surface area contributed by atoms with Gasteiger partial charge >= 0.3 is 6.09 Å². The average molecular weight is 476 g/mol. The fourth-order valence-electron chi connectivity index (χ4n) is 2.58. The maximum atomic E-state index is 12.2. The monoisotopic (exact) mass is 475 g/mol. The first-order valence-corrected chi connectivity index (χ1v) is 11.0. The lowest BCUT2D eigenvalue weighted by Gasteiger charge is -2.31. The number of anilines is 1. The molecule has 0 spiro atoms. The van der Waals surface area contributed by atoms with Gasteiger partial charge in [-0.3, -0.25) is 4.79 Å². The third kappa shape index (κ3) is 9.59. The fraction of sp³-hybridized carbons (Fsp3) is 0.600. The van der Waals surface area contributed by atoms with Gasteiger partial charge in [-0.25, -0.2) is 4.79 Å². The van der Waals surface area contributed by atoms with Crippen molar-refractivity contribution >= 4 is 28.7 Å². The van der Waals surface area contributed by atoms with Crippen molar-refractivity contribution in [1.82, 2.24) is 5.32 Å². The summed E-state index contributed by atoms with van der Waals surface area (Å²) < 4.78 is 5.16. The number of hydrogen-bond donors (Lipinski definition) is 8. The van der Waals surface area contributed by atoms with E-state index in [0.717, 1.165) is 11.8 Å². The Labute approximate surface area is 191 Å². The van der Waals surface area contributed by atoms with Gasteiger partial charge in [-0.15, -0.1) is 0 Å². The number of amides is 1. The van der Waals surface area contributed by atoms with Crippen molar-refractivity contribution < 1.29 is 39.9 Å². The highest BCUT2D eigenvalue weighted by molar-refractivity contribution is 8.14. The summed E-state index contributed by atoms with van der Waals surface area (Å²) in [6.45, 7) is 4.28. The van der Waals surface area contributed by atoms with Gasteiger partial charge in [0.15, 0.2) is 0 Å². The van der Waals surface area contributed by atoms with E-state index in [9.17, 15) is 30.0 Å². The summed E-state index contributed by atoms with van der Waals surface area (Å²) in [6.07, 6.45) is -5.97. The number of carbonyl (C=O) groups excluding carboxylic acids is 2. The Morgan fingerprint density at radius 2 is 1.81 bits per heavy atom. The standard InChI is InChI=1S/C20H33N3O8S/c1-20(2,3)31-19(30)23-14(16(27)17(28)15(26)10-24)9-22-12-6-11(7-13(25)8-12)18(29)32-5-4-21/h6-8,14-17,22,24-28H,4-5,9-10,21H2,1-3H3,(H,23,30)/t14-,15+,16+,17+/m0/s1. The van der Waals surface area contributed by atoms with E-state index in [1.165, 1.54) is 18.2 Å². The summed E-state index contributed by atoms with van der Waals surface area (Å²) in [4.78, 5) is 24.4. The normalized spacial score (nSPS) is 15.4. The molecular formula is C20H33N3O8S. The van der Waals surface area contributed by atoms with Crippen LogP contribution in [0, 0.1) is 0 Å². The Morgan fingerprint density at radius 1 is 1.16 bits per heavy atom. The van der Waals surface area contributed by atoms with E-state index in [1.54, 1.807) is 20.8 Å². The highest BCUT2D eigenvalue weighted by atomic mass is 32.2. The third-order valence-corrected chi connectivity index (χ3v) is 5.01. The second kappa shape index (κ2) is 12.8. The number of phenols is 1. The molecule has 4 atom stereocenters. The van der Waals surface area contributed by atoms with E-state index in [2.05, 4.69) is 10.6 Å². The van der Waals surface area contributed by atoms with Crippen LogP contribution in [-0.2, 0) is 4.74 Å². The number of rotatable bonds is 11. The van der Waals surface area contributed by atoms with Gasteiger partial charge in [0.05, 0.1) is 12.6 Å². The highest BCUT2D eigenvalue weighted by Crippen LogP contribution is 2.23. The number of alkyl carbamates (subject to hydrolysis) is 1. The van der Waals surface area contributed by atoms with Crippen molar-refractivity contribution in [2.75, 3.05) is 30.8 Å². The lowest BCUT2D eigenvalue weighted by atomic mass is 10.0. The van der Waals surface area contributed by atoms with E-state index in [-0.39, 0.29) is 23.0 Å². The lowest BCUT2D eigenvalue weighted by Crippen LogP contribution is -2.56. The molecule has 0 aliphatic rings. The minimum Gasteiger partial charge on any atom is -0.508 e. The number of ether oxygens (including phenoxy) is 1. The van der Waals surface area contributed by atoms with E-state index < -0.39 is 42.7 Å². The number of carbonyl (C=O) groups is 2. The van der Waals surface area contributed by atoms with Gasteiger partial charge in [0.25, 0.3) is 0 Å². The van der Waals surface area contributed by atoms with E-state index in [1.807, 2.05) is 0 Å². The predicted octanol–water partition coefficient (Wildman–Crippen LogP) is -0.395. The number of aliphatic hydroxyl groups is 4. The Balaban J connectivity index is 3.00. The fourth-order valence-corrected chi connectivity index (χ4v) is 3.17. The van der Waals surface area contributed by atoms with E-state index >= 15 is 0 Å². The summed E-state index contributed by atoms with van der Waals surface area (Å²) >= 11 is 0.999. The average Bonchev–Trinajstić information content (AvgIpc) is 2.71. The summed E-state index contributed by atoms with van der Waals surface area (Å²) in [5.74, 6) is 0.232. The Morgan fingerprint density at radius 3 is 2.38 bits per heavy atom. The van der Waals surface area contributed by atoms with Crippen molar-refractivity contribution in [1.29, 1.82) is 0 Å². The second-order valence-electron chi connectivity index (χ2n) is 8.06.